The number of nitrogens with zero attached hydrogens (tertiary/aromatic N) is 3. The summed E-state index contributed by atoms with van der Waals surface area (Å²) in [5.74, 6) is 0.153. The summed E-state index contributed by atoms with van der Waals surface area (Å²) in [6.07, 6.45) is 1.17. The number of carbonyl (C=O) groups is 1. The van der Waals surface area contributed by atoms with E-state index in [1.807, 2.05) is 0 Å². The standard InChI is InChI=1S/C27H32F3N3O4S/c1-36-16-25-31-14-24(38-25)26(35)8-5-20(6-9-26)33-10-7-17(15-33)11-22(34)23-13-21(32-37-23)18-3-2-4-19(12-18)27(28,29)30/h2-4,12,14,17,20,23,35H,5-11,13,15-16H2,1H3/t17-,20?,23?,26?/m0/s1. The number of alkyl halides is 3. The third kappa shape index (κ3) is 5.95. The molecule has 206 valence electrons. The van der Waals surface area contributed by atoms with E-state index < -0.39 is 23.4 Å². The van der Waals surface area contributed by atoms with E-state index in [0.717, 1.165) is 54.4 Å². The SMILES string of the molecule is COCc1ncc(C2(O)CCC(N3CC[C@@H](CC(=O)C4CC(c5cccc(C(F)(F)F)c5)=NO4)C3)CC2)s1. The van der Waals surface area contributed by atoms with Crippen molar-refractivity contribution in [2.75, 3.05) is 20.2 Å². The zero-order chi connectivity index (χ0) is 26.9. The van der Waals surface area contributed by atoms with Crippen molar-refractivity contribution in [3.8, 4) is 0 Å². The van der Waals surface area contributed by atoms with Gasteiger partial charge in [0.2, 0.25) is 0 Å². The molecule has 3 heterocycles. The number of methoxy groups -OCH3 is 1. The third-order valence-electron chi connectivity index (χ3n) is 7.94. The Morgan fingerprint density at radius 3 is 2.82 bits per heavy atom. The van der Waals surface area contributed by atoms with Crippen LogP contribution in [0.2, 0.25) is 0 Å². The highest BCUT2D eigenvalue weighted by atomic mass is 32.1. The van der Waals surface area contributed by atoms with Gasteiger partial charge < -0.3 is 19.6 Å². The number of aliphatic hydroxyl groups is 1. The Bertz CT molecular complexity index is 1180. The van der Waals surface area contributed by atoms with Gasteiger partial charge in [-0.3, -0.25) is 4.79 Å². The molecule has 2 aliphatic heterocycles. The number of hydrogen-bond acceptors (Lipinski definition) is 8. The molecule has 0 spiro atoms. The van der Waals surface area contributed by atoms with E-state index in [1.165, 1.54) is 17.4 Å². The summed E-state index contributed by atoms with van der Waals surface area (Å²) in [5, 5.41) is 16.0. The number of aromatic nitrogens is 1. The van der Waals surface area contributed by atoms with Crippen molar-refractivity contribution in [3.63, 3.8) is 0 Å². The number of ketones is 1. The first kappa shape index (κ1) is 27.2. The quantitative estimate of drug-likeness (QED) is 0.502. The fourth-order valence-corrected chi connectivity index (χ4v) is 6.82. The zero-order valence-corrected chi connectivity index (χ0v) is 22.1. The number of carbonyl (C=O) groups excluding carboxylic acids is 1. The summed E-state index contributed by atoms with van der Waals surface area (Å²) < 4.78 is 44.3. The minimum Gasteiger partial charge on any atom is -0.384 e. The maximum Gasteiger partial charge on any atom is 0.416 e. The molecule has 1 N–H and O–H groups in total. The lowest BCUT2D eigenvalue weighted by molar-refractivity contribution is -0.137. The minimum atomic E-state index is -4.44. The average Bonchev–Trinajstić information content (AvgIpc) is 3.66. The highest BCUT2D eigenvalue weighted by Crippen LogP contribution is 2.42. The Hall–Kier alpha value is -2.34. The van der Waals surface area contributed by atoms with Gasteiger partial charge in [0.05, 0.1) is 22.8 Å². The van der Waals surface area contributed by atoms with Crippen LogP contribution in [0.4, 0.5) is 13.2 Å². The van der Waals surface area contributed by atoms with E-state index in [2.05, 4.69) is 15.0 Å². The van der Waals surface area contributed by atoms with E-state index in [4.69, 9.17) is 9.57 Å². The Morgan fingerprint density at radius 2 is 2.08 bits per heavy atom. The summed E-state index contributed by atoms with van der Waals surface area (Å²) in [5.41, 5.74) is -0.894. The van der Waals surface area contributed by atoms with Gasteiger partial charge in [0.1, 0.15) is 10.6 Å². The number of benzene rings is 1. The number of ether oxygens (including phenoxy) is 1. The molecule has 7 nitrogen and oxygen atoms in total. The largest absolute Gasteiger partial charge is 0.416 e. The molecule has 1 aliphatic carbocycles. The van der Waals surface area contributed by atoms with Gasteiger partial charge in [-0.05, 0) is 56.7 Å². The first-order valence-electron chi connectivity index (χ1n) is 13.0. The highest BCUT2D eigenvalue weighted by Gasteiger charge is 2.40. The first-order chi connectivity index (χ1) is 18.1. The van der Waals surface area contributed by atoms with Crippen LogP contribution in [-0.2, 0) is 32.8 Å². The van der Waals surface area contributed by atoms with Crippen LogP contribution in [0.15, 0.2) is 35.6 Å². The number of thiazole rings is 1. The van der Waals surface area contributed by atoms with E-state index in [1.54, 1.807) is 19.4 Å². The average molecular weight is 552 g/mol. The van der Waals surface area contributed by atoms with Gasteiger partial charge in [-0.2, -0.15) is 13.2 Å². The molecule has 2 fully saturated rings. The summed E-state index contributed by atoms with van der Waals surface area (Å²) in [4.78, 5) is 26.0. The van der Waals surface area contributed by atoms with Gasteiger partial charge in [-0.15, -0.1) is 11.3 Å². The first-order valence-corrected chi connectivity index (χ1v) is 13.8. The van der Waals surface area contributed by atoms with Gasteiger partial charge in [0.15, 0.2) is 11.9 Å². The molecule has 38 heavy (non-hydrogen) atoms. The molecule has 1 saturated heterocycles. The second-order valence-electron chi connectivity index (χ2n) is 10.5. The van der Waals surface area contributed by atoms with Crippen LogP contribution >= 0.6 is 11.3 Å². The lowest BCUT2D eigenvalue weighted by Gasteiger charge is -2.39. The van der Waals surface area contributed by atoms with Crippen LogP contribution < -0.4 is 0 Å². The Kier molecular flexibility index (Phi) is 7.91. The topological polar surface area (TPSA) is 84.3 Å². The molecule has 1 saturated carbocycles. The predicted octanol–water partition coefficient (Wildman–Crippen LogP) is 4.91. The summed E-state index contributed by atoms with van der Waals surface area (Å²) in [7, 11) is 1.63. The summed E-state index contributed by atoms with van der Waals surface area (Å²) >= 11 is 1.51. The number of oxime groups is 1. The van der Waals surface area contributed by atoms with E-state index >= 15 is 0 Å². The van der Waals surface area contributed by atoms with Gasteiger partial charge in [-0.25, -0.2) is 4.98 Å². The smallest absolute Gasteiger partial charge is 0.384 e. The second-order valence-corrected chi connectivity index (χ2v) is 11.7. The van der Waals surface area contributed by atoms with Crippen molar-refractivity contribution >= 4 is 22.8 Å². The van der Waals surface area contributed by atoms with E-state index in [0.29, 0.717) is 43.2 Å². The molecule has 2 atom stereocenters. The van der Waals surface area contributed by atoms with Crippen LogP contribution in [0, 0.1) is 5.92 Å². The molecule has 1 unspecified atom stereocenters. The molecular weight excluding hydrogens is 519 g/mol. The molecule has 11 heteroatoms. The fourth-order valence-electron chi connectivity index (χ4n) is 5.78. The minimum absolute atomic E-state index is 0.0577. The van der Waals surface area contributed by atoms with Gasteiger partial charge >= 0.3 is 6.18 Å². The molecule has 0 radical (unpaired) electrons. The molecular formula is C27H32F3N3O4S. The van der Waals surface area contributed by atoms with Gasteiger partial charge in [0.25, 0.3) is 0 Å². The maximum atomic E-state index is 13.0. The van der Waals surface area contributed by atoms with Crippen LogP contribution in [-0.4, -0.2) is 58.8 Å². The van der Waals surface area contributed by atoms with Crippen molar-refractivity contribution in [3.05, 3.63) is 51.5 Å². The Labute approximate surface area is 223 Å². The van der Waals surface area contributed by atoms with E-state index in [9.17, 15) is 23.1 Å². The lowest BCUT2D eigenvalue weighted by atomic mass is 9.81. The van der Waals surface area contributed by atoms with Crippen molar-refractivity contribution in [2.24, 2.45) is 11.1 Å². The molecule has 0 bridgehead atoms. The van der Waals surface area contributed by atoms with Crippen LogP contribution in [0.1, 0.15) is 66.0 Å². The number of rotatable bonds is 8. The number of likely N-dealkylation sites (tertiary alicyclic amines) is 1. The molecule has 0 amide bonds. The monoisotopic (exact) mass is 551 g/mol. The summed E-state index contributed by atoms with van der Waals surface area (Å²) in [6, 6.07) is 5.32. The summed E-state index contributed by atoms with van der Waals surface area (Å²) in [6.45, 7) is 2.18. The van der Waals surface area contributed by atoms with Crippen LogP contribution in [0.25, 0.3) is 0 Å². The Morgan fingerprint density at radius 1 is 1.29 bits per heavy atom. The predicted molar refractivity (Wildman–Crippen MR) is 136 cm³/mol. The second kappa shape index (κ2) is 11.0. The molecule has 3 aliphatic rings. The third-order valence-corrected chi connectivity index (χ3v) is 9.10. The zero-order valence-electron chi connectivity index (χ0n) is 21.2. The fraction of sp³-hybridized carbons (Fsp3) is 0.593. The van der Waals surface area contributed by atoms with Crippen LogP contribution in [0.5, 0.6) is 0 Å². The van der Waals surface area contributed by atoms with Gasteiger partial charge in [-0.1, -0.05) is 17.3 Å². The van der Waals surface area contributed by atoms with Crippen molar-refractivity contribution in [1.29, 1.82) is 0 Å². The highest BCUT2D eigenvalue weighted by molar-refractivity contribution is 7.11. The molecule has 5 rings (SSSR count). The van der Waals surface area contributed by atoms with Gasteiger partial charge in [0, 0.05) is 44.3 Å². The number of hydrogen-bond donors (Lipinski definition) is 1. The van der Waals surface area contributed by atoms with E-state index in [-0.39, 0.29) is 18.1 Å². The number of halogens is 3. The normalized spacial score (nSPS) is 28.3. The van der Waals surface area contributed by atoms with Crippen LogP contribution in [0.3, 0.4) is 0 Å². The lowest BCUT2D eigenvalue weighted by Crippen LogP contribution is -2.41. The molecule has 1 aromatic carbocycles. The van der Waals surface area contributed by atoms with Crippen molar-refractivity contribution in [2.45, 2.75) is 75.5 Å². The maximum absolute atomic E-state index is 13.0. The Balaban J connectivity index is 1.09. The molecule has 2 aromatic rings. The van der Waals surface area contributed by atoms with Crippen molar-refractivity contribution < 1.29 is 32.6 Å². The number of Topliss-reactive ketones (excluding diaryl/α,β-unsaturated/α-hetero) is 1. The molecule has 1 aromatic heterocycles. The van der Waals surface area contributed by atoms with Crippen molar-refractivity contribution in [1.82, 2.24) is 9.88 Å².